The van der Waals surface area contributed by atoms with Crippen molar-refractivity contribution in [3.63, 3.8) is 0 Å². The van der Waals surface area contributed by atoms with Gasteiger partial charge in [-0.3, -0.25) is 9.82 Å². The second kappa shape index (κ2) is 9.70. The van der Waals surface area contributed by atoms with Gasteiger partial charge in [-0.2, -0.15) is 5.10 Å². The Morgan fingerprint density at radius 1 is 1.21 bits per heavy atom. The lowest BCUT2D eigenvalue weighted by molar-refractivity contribution is 0.00880. The van der Waals surface area contributed by atoms with E-state index in [1.54, 1.807) is 29.6 Å². The molecule has 1 aliphatic heterocycles. The molecule has 6 rings (SSSR count). The summed E-state index contributed by atoms with van der Waals surface area (Å²) in [4.78, 5) is 12.8. The number of hydrogen-bond donors (Lipinski definition) is 3. The van der Waals surface area contributed by atoms with Crippen LogP contribution in [0.1, 0.15) is 6.92 Å². The fourth-order valence-electron chi connectivity index (χ4n) is 4.90. The van der Waals surface area contributed by atoms with Gasteiger partial charge in [0.1, 0.15) is 15.4 Å². The van der Waals surface area contributed by atoms with Crippen molar-refractivity contribution in [2.45, 2.75) is 23.3 Å². The third-order valence-corrected chi connectivity index (χ3v) is 9.46. The summed E-state index contributed by atoms with van der Waals surface area (Å²) in [5.74, 6) is 0.637. The zero-order valence-electron chi connectivity index (χ0n) is 21.3. The number of nitrogens with one attached hydrogen (secondary N) is 3. The highest BCUT2D eigenvalue weighted by Crippen LogP contribution is 2.33. The smallest absolute Gasteiger partial charge is 0.271 e. The second-order valence-electron chi connectivity index (χ2n) is 9.84. The number of morpholine rings is 1. The number of rotatable bonds is 7. The summed E-state index contributed by atoms with van der Waals surface area (Å²) in [6, 6.07) is 15.2. The van der Waals surface area contributed by atoms with Crippen molar-refractivity contribution in [2.24, 2.45) is 0 Å². The van der Waals surface area contributed by atoms with Crippen molar-refractivity contribution >= 4 is 54.7 Å². The molecule has 4 heterocycles. The molecule has 0 spiro atoms. The maximum absolute atomic E-state index is 12.8. The zero-order chi connectivity index (χ0) is 26.4. The van der Waals surface area contributed by atoms with Crippen LogP contribution in [0.2, 0.25) is 0 Å². The van der Waals surface area contributed by atoms with Gasteiger partial charge in [-0.25, -0.2) is 13.4 Å². The number of anilines is 2. The summed E-state index contributed by atoms with van der Waals surface area (Å²) in [6.07, 6.45) is 0.150. The highest BCUT2D eigenvalue weighted by molar-refractivity contribution is 7.94. The molecule has 1 aliphatic rings. The third kappa shape index (κ3) is 4.64. The number of aromatic amines is 2. The number of H-pyrrole nitrogens is 2. The Kier molecular flexibility index (Phi) is 6.34. The van der Waals surface area contributed by atoms with E-state index < -0.39 is 10.0 Å². The fraction of sp³-hybridized carbons (Fsp3) is 0.308. The number of hydrogen-bond acceptors (Lipinski definition) is 8. The number of imidazole rings is 1. The highest BCUT2D eigenvalue weighted by Gasteiger charge is 2.27. The molecule has 198 valence electrons. The Hall–Kier alpha value is -3.45. The highest BCUT2D eigenvalue weighted by atomic mass is 32.2. The maximum Gasteiger partial charge on any atom is 0.271 e. The minimum Gasteiger partial charge on any atom is -0.373 e. The van der Waals surface area contributed by atoms with E-state index in [1.165, 1.54) is 11.3 Å². The van der Waals surface area contributed by atoms with Gasteiger partial charge in [0.25, 0.3) is 10.0 Å². The van der Waals surface area contributed by atoms with Crippen molar-refractivity contribution < 1.29 is 13.2 Å². The summed E-state index contributed by atoms with van der Waals surface area (Å²) >= 11 is 1.17. The average Bonchev–Trinajstić information content (AvgIpc) is 3.64. The number of sulfonamides is 1. The molecule has 3 aromatic heterocycles. The van der Waals surface area contributed by atoms with E-state index in [9.17, 15) is 8.42 Å². The number of nitrogens with zero attached hydrogens (tertiary/aromatic N) is 4. The van der Waals surface area contributed by atoms with Crippen molar-refractivity contribution in [1.29, 1.82) is 0 Å². The van der Waals surface area contributed by atoms with Crippen LogP contribution in [-0.2, 0) is 14.8 Å². The number of likely N-dealkylation sites (N-methyl/N-ethyl adjacent to an activating group) is 1. The first-order valence-electron chi connectivity index (χ1n) is 12.3. The van der Waals surface area contributed by atoms with Crippen LogP contribution < -0.4 is 9.62 Å². The largest absolute Gasteiger partial charge is 0.373 e. The Labute approximate surface area is 224 Å². The topological polar surface area (TPSA) is 119 Å². The summed E-state index contributed by atoms with van der Waals surface area (Å²) in [5, 5.41) is 9.98. The summed E-state index contributed by atoms with van der Waals surface area (Å²) < 4.78 is 34.5. The van der Waals surface area contributed by atoms with Gasteiger partial charge >= 0.3 is 0 Å². The second-order valence-corrected chi connectivity index (χ2v) is 12.7. The summed E-state index contributed by atoms with van der Waals surface area (Å²) in [7, 11) is 0.427. The molecule has 0 amide bonds. The van der Waals surface area contributed by atoms with E-state index in [1.807, 2.05) is 12.1 Å². The maximum atomic E-state index is 12.8. The first-order valence-corrected chi connectivity index (χ1v) is 14.7. The zero-order valence-corrected chi connectivity index (χ0v) is 22.9. The minimum absolute atomic E-state index is 0.150. The number of ether oxygens (including phenoxy) is 1. The molecular weight excluding hydrogens is 522 g/mol. The van der Waals surface area contributed by atoms with Gasteiger partial charge < -0.3 is 19.5 Å². The summed E-state index contributed by atoms with van der Waals surface area (Å²) in [5.41, 5.74) is 4.50. The molecule has 0 saturated carbocycles. The predicted molar refractivity (Wildman–Crippen MR) is 151 cm³/mol. The van der Waals surface area contributed by atoms with Crippen LogP contribution in [0.15, 0.2) is 58.1 Å². The molecule has 5 aromatic rings. The minimum atomic E-state index is -3.69. The molecule has 2 aromatic carbocycles. The Balaban J connectivity index is 1.31. The molecule has 10 nitrogen and oxygen atoms in total. The van der Waals surface area contributed by atoms with E-state index in [0.29, 0.717) is 29.3 Å². The quantitative estimate of drug-likeness (QED) is 0.278. The molecule has 12 heteroatoms. The van der Waals surface area contributed by atoms with Crippen molar-refractivity contribution in [3.05, 3.63) is 53.9 Å². The molecule has 3 N–H and O–H groups in total. The molecule has 1 fully saturated rings. The average molecular weight is 552 g/mol. The third-order valence-electron chi connectivity index (χ3n) is 6.70. The van der Waals surface area contributed by atoms with Crippen molar-refractivity contribution in [1.82, 2.24) is 25.1 Å². The van der Waals surface area contributed by atoms with Crippen LogP contribution in [0, 0.1) is 0 Å². The summed E-state index contributed by atoms with van der Waals surface area (Å²) in [6.45, 7) is 4.55. The lowest BCUT2D eigenvalue weighted by atomic mass is 10.1. The first-order chi connectivity index (χ1) is 18.3. The van der Waals surface area contributed by atoms with Gasteiger partial charge in [-0.05, 0) is 56.7 Å². The van der Waals surface area contributed by atoms with E-state index in [2.05, 4.69) is 62.9 Å². The fourth-order valence-corrected chi connectivity index (χ4v) is 6.96. The van der Waals surface area contributed by atoms with Crippen LogP contribution in [-0.4, -0.2) is 79.4 Å². The Morgan fingerprint density at radius 2 is 2.08 bits per heavy atom. The Morgan fingerprint density at radius 3 is 2.87 bits per heavy atom. The van der Waals surface area contributed by atoms with Crippen LogP contribution in [0.4, 0.5) is 11.4 Å². The lowest BCUT2D eigenvalue weighted by Gasteiger charge is -2.40. The SMILES string of the molecule is CC1COC(CN(C)C)CN1c1ccc2nc(-c3[nH]nc4c(NS(=O)(=O)c5cccs5)cccc34)[nH]c2c1. The normalized spacial score (nSPS) is 18.6. The number of thiophene rings is 1. The van der Waals surface area contributed by atoms with Crippen LogP contribution in [0.25, 0.3) is 33.5 Å². The molecule has 0 bridgehead atoms. The van der Waals surface area contributed by atoms with E-state index >= 15 is 0 Å². The number of aromatic nitrogens is 4. The Bertz CT molecular complexity index is 1690. The lowest BCUT2D eigenvalue weighted by Crippen LogP contribution is -2.51. The van der Waals surface area contributed by atoms with Gasteiger partial charge in [-0.15, -0.1) is 11.3 Å². The molecule has 0 radical (unpaired) electrons. The number of benzene rings is 2. The van der Waals surface area contributed by atoms with E-state index in [-0.39, 0.29) is 16.4 Å². The van der Waals surface area contributed by atoms with Crippen LogP contribution in [0.5, 0.6) is 0 Å². The van der Waals surface area contributed by atoms with E-state index in [4.69, 9.17) is 9.72 Å². The van der Waals surface area contributed by atoms with Gasteiger partial charge in [0.15, 0.2) is 5.82 Å². The van der Waals surface area contributed by atoms with Gasteiger partial charge in [0.05, 0.1) is 29.4 Å². The van der Waals surface area contributed by atoms with Crippen LogP contribution >= 0.6 is 11.3 Å². The molecule has 2 atom stereocenters. The molecule has 1 saturated heterocycles. The van der Waals surface area contributed by atoms with Crippen LogP contribution in [0.3, 0.4) is 0 Å². The predicted octanol–water partition coefficient (Wildman–Crippen LogP) is 4.12. The monoisotopic (exact) mass is 551 g/mol. The first kappa shape index (κ1) is 24.9. The van der Waals surface area contributed by atoms with Crippen molar-refractivity contribution in [3.8, 4) is 11.5 Å². The van der Waals surface area contributed by atoms with E-state index in [0.717, 1.165) is 35.2 Å². The van der Waals surface area contributed by atoms with Gasteiger partial charge in [0.2, 0.25) is 0 Å². The number of para-hydroxylation sites is 1. The standard InChI is InChI=1S/C26H29N7O3S2/c1-16-15-36-18(13-32(2)3)14-33(16)17-9-10-20-22(12-17)28-26(27-20)25-19-6-4-7-21(24(19)29-30-25)31-38(34,35)23-8-5-11-37-23/h4-12,16,18,31H,13-15H2,1-3H3,(H,27,28)(H,29,30). The molecule has 2 unspecified atom stereocenters. The molecule has 38 heavy (non-hydrogen) atoms. The van der Waals surface area contributed by atoms with Crippen molar-refractivity contribution in [2.75, 3.05) is 43.4 Å². The number of fused-ring (bicyclic) bond motifs is 2. The molecule has 0 aliphatic carbocycles. The molecular formula is C26H29N7O3S2. The van der Waals surface area contributed by atoms with Gasteiger partial charge in [0, 0.05) is 30.2 Å². The van der Waals surface area contributed by atoms with Gasteiger partial charge in [-0.1, -0.05) is 18.2 Å².